The van der Waals surface area contributed by atoms with Gasteiger partial charge in [0.25, 0.3) is 0 Å². The van der Waals surface area contributed by atoms with Crippen LogP contribution in [0.3, 0.4) is 0 Å². The van der Waals surface area contributed by atoms with E-state index in [0.29, 0.717) is 24.8 Å². The molecule has 2 aromatic heterocycles. The summed E-state index contributed by atoms with van der Waals surface area (Å²) in [5.74, 6) is 1.21. The highest BCUT2D eigenvalue weighted by atomic mass is 32.1. The monoisotopic (exact) mass is 344 g/mol. The first-order valence-corrected chi connectivity index (χ1v) is 9.13. The van der Waals surface area contributed by atoms with Crippen molar-refractivity contribution < 1.29 is 9.53 Å². The van der Waals surface area contributed by atoms with Crippen LogP contribution in [0.15, 0.2) is 35.4 Å². The van der Waals surface area contributed by atoms with E-state index in [1.54, 1.807) is 29.9 Å². The van der Waals surface area contributed by atoms with Gasteiger partial charge in [0, 0.05) is 44.4 Å². The van der Waals surface area contributed by atoms with Crippen LogP contribution < -0.4 is 5.32 Å². The lowest BCUT2D eigenvalue weighted by molar-refractivity contribution is -0.117. The molecule has 0 radical (unpaired) electrons. The molecule has 4 rings (SSSR count). The average molecular weight is 344 g/mol. The molecule has 0 bridgehead atoms. The second kappa shape index (κ2) is 6.96. The van der Waals surface area contributed by atoms with Gasteiger partial charge in [-0.3, -0.25) is 14.7 Å². The fourth-order valence-corrected chi connectivity index (χ4v) is 4.32. The van der Waals surface area contributed by atoms with Crippen molar-refractivity contribution in [3.8, 4) is 0 Å². The fraction of sp³-hybridized carbons (Fsp3) is 0.471. The van der Waals surface area contributed by atoms with Crippen molar-refractivity contribution >= 4 is 23.1 Å². The van der Waals surface area contributed by atoms with Gasteiger partial charge in [0.05, 0.1) is 18.9 Å². The summed E-state index contributed by atoms with van der Waals surface area (Å²) in [5.41, 5.74) is 1.36. The van der Waals surface area contributed by atoms with E-state index in [1.807, 2.05) is 0 Å². The first-order valence-electron chi connectivity index (χ1n) is 8.19. The van der Waals surface area contributed by atoms with E-state index < -0.39 is 0 Å². The molecule has 4 heterocycles. The number of hydrogen-bond donors (Lipinski definition) is 1. The van der Waals surface area contributed by atoms with Gasteiger partial charge in [-0.05, 0) is 28.3 Å². The maximum absolute atomic E-state index is 12.2. The van der Waals surface area contributed by atoms with Crippen LogP contribution in [0, 0.1) is 11.8 Å². The zero-order valence-electron chi connectivity index (χ0n) is 13.3. The molecule has 0 saturated carbocycles. The zero-order valence-corrected chi connectivity index (χ0v) is 14.1. The van der Waals surface area contributed by atoms with Crippen LogP contribution in [0.1, 0.15) is 12.0 Å². The van der Waals surface area contributed by atoms with Crippen molar-refractivity contribution in [2.75, 3.05) is 25.0 Å². The molecule has 3 atom stereocenters. The quantitative estimate of drug-likeness (QED) is 0.899. The molecule has 0 spiro atoms. The second-order valence-corrected chi connectivity index (χ2v) is 7.24. The predicted molar refractivity (Wildman–Crippen MR) is 91.6 cm³/mol. The molecule has 2 saturated heterocycles. The summed E-state index contributed by atoms with van der Waals surface area (Å²) in [6.07, 6.45) is 5.46. The van der Waals surface area contributed by atoms with E-state index in [-0.39, 0.29) is 17.9 Å². The zero-order chi connectivity index (χ0) is 16.4. The highest BCUT2D eigenvalue weighted by Crippen LogP contribution is 2.36. The summed E-state index contributed by atoms with van der Waals surface area (Å²) in [6, 6.07) is 2.17. The topological polar surface area (TPSA) is 67.3 Å². The van der Waals surface area contributed by atoms with Gasteiger partial charge in [0.15, 0.2) is 5.82 Å². The first kappa shape index (κ1) is 15.7. The highest BCUT2D eigenvalue weighted by Gasteiger charge is 2.44. The van der Waals surface area contributed by atoms with Crippen LogP contribution in [-0.4, -0.2) is 46.6 Å². The van der Waals surface area contributed by atoms with Gasteiger partial charge in [-0.25, -0.2) is 4.98 Å². The number of ether oxygens (including phenoxy) is 1. The van der Waals surface area contributed by atoms with Crippen LogP contribution in [-0.2, 0) is 16.1 Å². The summed E-state index contributed by atoms with van der Waals surface area (Å²) >= 11 is 1.73. The molecule has 2 fully saturated rings. The minimum atomic E-state index is -0.0129. The third-order valence-corrected chi connectivity index (χ3v) is 5.51. The predicted octanol–water partition coefficient (Wildman–Crippen LogP) is 2.01. The number of nitrogens with one attached hydrogen (secondary N) is 1. The Morgan fingerprint density at radius 3 is 3.17 bits per heavy atom. The standard InChI is InChI=1S/C17H20N4O2S/c22-17(20-16-6-18-2-3-19-16)5-13-10-23-15-9-21(8-14(13)15)7-12-1-4-24-11-12/h1-4,6,11,13-15H,5,7-10H2,(H,19,20,22)/t13-,14-,15-/m1/s1. The number of fused-ring (bicyclic) bond motifs is 1. The third-order valence-electron chi connectivity index (χ3n) is 4.78. The Bertz CT molecular complexity index is 679. The average Bonchev–Trinajstić information content (AvgIpc) is 3.28. The van der Waals surface area contributed by atoms with E-state index in [4.69, 9.17) is 4.74 Å². The normalized spacial score (nSPS) is 26.4. The van der Waals surface area contributed by atoms with E-state index >= 15 is 0 Å². The summed E-state index contributed by atoms with van der Waals surface area (Å²) in [7, 11) is 0. The van der Waals surface area contributed by atoms with Gasteiger partial charge >= 0.3 is 0 Å². The molecular weight excluding hydrogens is 324 g/mol. The fourth-order valence-electron chi connectivity index (χ4n) is 3.66. The summed E-state index contributed by atoms with van der Waals surface area (Å²) in [6.45, 7) is 3.61. The van der Waals surface area contributed by atoms with Crippen molar-refractivity contribution in [1.82, 2.24) is 14.9 Å². The molecule has 1 N–H and O–H groups in total. The number of likely N-dealkylation sites (tertiary alicyclic amines) is 1. The minimum absolute atomic E-state index is 0.0129. The Morgan fingerprint density at radius 1 is 1.42 bits per heavy atom. The van der Waals surface area contributed by atoms with Gasteiger partial charge in [-0.15, -0.1) is 0 Å². The Labute approximate surface area is 144 Å². The molecule has 0 unspecified atom stereocenters. The first-order chi connectivity index (χ1) is 11.8. The number of hydrogen-bond acceptors (Lipinski definition) is 6. The van der Waals surface area contributed by atoms with Gasteiger partial charge < -0.3 is 10.1 Å². The number of anilines is 1. The van der Waals surface area contributed by atoms with E-state index in [0.717, 1.165) is 19.6 Å². The van der Waals surface area contributed by atoms with Gasteiger partial charge in [0.1, 0.15) is 0 Å². The SMILES string of the molecule is O=C(C[C@@H]1CO[C@@H]2CN(Cc3ccsc3)C[C@H]12)Nc1cnccn1. The number of aromatic nitrogens is 2. The summed E-state index contributed by atoms with van der Waals surface area (Å²) in [4.78, 5) is 22.7. The van der Waals surface area contributed by atoms with E-state index in [9.17, 15) is 4.79 Å². The van der Waals surface area contributed by atoms with Crippen LogP contribution in [0.2, 0.25) is 0 Å². The van der Waals surface area contributed by atoms with Crippen LogP contribution in [0.4, 0.5) is 5.82 Å². The maximum Gasteiger partial charge on any atom is 0.225 e. The van der Waals surface area contributed by atoms with Crippen molar-refractivity contribution in [2.45, 2.75) is 19.1 Å². The molecule has 7 heteroatoms. The minimum Gasteiger partial charge on any atom is -0.376 e. The maximum atomic E-state index is 12.2. The van der Waals surface area contributed by atoms with Crippen molar-refractivity contribution in [3.63, 3.8) is 0 Å². The Balaban J connectivity index is 1.31. The van der Waals surface area contributed by atoms with Crippen molar-refractivity contribution in [3.05, 3.63) is 41.0 Å². The molecular formula is C17H20N4O2S. The number of nitrogens with zero attached hydrogens (tertiary/aromatic N) is 3. The lowest BCUT2D eigenvalue weighted by atomic mass is 9.90. The number of thiophene rings is 1. The lowest BCUT2D eigenvalue weighted by Crippen LogP contribution is -2.26. The van der Waals surface area contributed by atoms with Crippen LogP contribution in [0.5, 0.6) is 0 Å². The number of rotatable bonds is 5. The Hall–Kier alpha value is -1.83. The smallest absolute Gasteiger partial charge is 0.225 e. The largest absolute Gasteiger partial charge is 0.376 e. The molecule has 2 aromatic rings. The molecule has 2 aliphatic rings. The Morgan fingerprint density at radius 2 is 2.38 bits per heavy atom. The van der Waals surface area contributed by atoms with E-state index in [1.165, 1.54) is 5.56 Å². The van der Waals surface area contributed by atoms with Crippen LogP contribution in [0.25, 0.3) is 0 Å². The molecule has 24 heavy (non-hydrogen) atoms. The summed E-state index contributed by atoms with van der Waals surface area (Å²) < 4.78 is 5.94. The second-order valence-electron chi connectivity index (χ2n) is 6.46. The van der Waals surface area contributed by atoms with E-state index in [2.05, 4.69) is 37.0 Å². The molecule has 2 aliphatic heterocycles. The number of amides is 1. The number of carbonyl (C=O) groups is 1. The molecule has 1 amide bonds. The van der Waals surface area contributed by atoms with Crippen molar-refractivity contribution in [1.29, 1.82) is 0 Å². The molecule has 126 valence electrons. The molecule has 0 aliphatic carbocycles. The van der Waals surface area contributed by atoms with Gasteiger partial charge in [-0.1, -0.05) is 0 Å². The molecule has 6 nitrogen and oxygen atoms in total. The lowest BCUT2D eigenvalue weighted by Gasteiger charge is -2.19. The highest BCUT2D eigenvalue weighted by molar-refractivity contribution is 7.07. The van der Waals surface area contributed by atoms with Gasteiger partial charge in [0.2, 0.25) is 5.91 Å². The van der Waals surface area contributed by atoms with Crippen LogP contribution >= 0.6 is 11.3 Å². The number of carbonyl (C=O) groups excluding carboxylic acids is 1. The van der Waals surface area contributed by atoms with Crippen molar-refractivity contribution in [2.24, 2.45) is 11.8 Å². The summed E-state index contributed by atoms with van der Waals surface area (Å²) in [5, 5.41) is 7.12. The Kier molecular flexibility index (Phi) is 4.55. The van der Waals surface area contributed by atoms with Gasteiger partial charge in [-0.2, -0.15) is 11.3 Å². The molecule has 0 aromatic carbocycles. The third kappa shape index (κ3) is 3.48.